The van der Waals surface area contributed by atoms with Gasteiger partial charge in [-0.05, 0) is 55.7 Å². The summed E-state index contributed by atoms with van der Waals surface area (Å²) in [6, 6.07) is 12.9. The van der Waals surface area contributed by atoms with Crippen molar-refractivity contribution in [3.8, 4) is 10.4 Å². The molecule has 150 valence electrons. The molecule has 1 aliphatic rings. The number of piperidine rings is 1. The zero-order valence-electron chi connectivity index (χ0n) is 17.0. The van der Waals surface area contributed by atoms with Crippen LogP contribution in [0.25, 0.3) is 10.4 Å². The molecule has 1 aromatic heterocycles. The molecule has 4 nitrogen and oxygen atoms in total. The fourth-order valence-corrected chi connectivity index (χ4v) is 4.66. The Labute approximate surface area is 172 Å². The van der Waals surface area contributed by atoms with Crippen molar-refractivity contribution in [2.24, 2.45) is 5.41 Å². The standard InChI is InChI=1S/C23H30N2O2S/c1-4-21(26)25-13-11-23(12-14-25,22(27)24-17(2)3)16-18-7-9-19(10-8-18)20-6-5-15-28-20/h5-10,15,17H,4,11-14,16H2,1-3H3,(H,24,27). The third kappa shape index (κ3) is 4.64. The Morgan fingerprint density at radius 3 is 2.36 bits per heavy atom. The second-order valence-corrected chi connectivity index (χ2v) is 8.94. The van der Waals surface area contributed by atoms with E-state index < -0.39 is 5.41 Å². The quantitative estimate of drug-likeness (QED) is 0.779. The van der Waals surface area contributed by atoms with E-state index in [4.69, 9.17) is 0 Å². The molecule has 1 fully saturated rings. The van der Waals surface area contributed by atoms with Crippen molar-refractivity contribution >= 4 is 23.2 Å². The van der Waals surface area contributed by atoms with Gasteiger partial charge in [0.25, 0.3) is 0 Å². The molecule has 0 unspecified atom stereocenters. The van der Waals surface area contributed by atoms with E-state index in [1.807, 2.05) is 25.7 Å². The molecule has 1 N–H and O–H groups in total. The second kappa shape index (κ2) is 8.91. The van der Waals surface area contributed by atoms with Crippen molar-refractivity contribution in [3.05, 3.63) is 47.3 Å². The second-order valence-electron chi connectivity index (χ2n) is 7.99. The maximum absolute atomic E-state index is 13.1. The van der Waals surface area contributed by atoms with Gasteiger partial charge in [0.2, 0.25) is 11.8 Å². The van der Waals surface area contributed by atoms with Crippen LogP contribution in [0.1, 0.15) is 45.6 Å². The Bertz CT molecular complexity index is 789. The van der Waals surface area contributed by atoms with Crippen LogP contribution in [0.5, 0.6) is 0 Å². The lowest BCUT2D eigenvalue weighted by Crippen LogP contribution is -2.52. The minimum atomic E-state index is -0.445. The normalized spacial score (nSPS) is 16.2. The van der Waals surface area contributed by atoms with Gasteiger partial charge in [-0.2, -0.15) is 0 Å². The van der Waals surface area contributed by atoms with Gasteiger partial charge in [0, 0.05) is 30.4 Å². The molecule has 5 heteroatoms. The van der Waals surface area contributed by atoms with Gasteiger partial charge in [0.1, 0.15) is 0 Å². The summed E-state index contributed by atoms with van der Waals surface area (Å²) < 4.78 is 0. The van der Waals surface area contributed by atoms with E-state index in [2.05, 4.69) is 47.1 Å². The molecule has 0 saturated carbocycles. The number of benzene rings is 1. The lowest BCUT2D eigenvalue weighted by Gasteiger charge is -2.41. The molecule has 0 bridgehead atoms. The Morgan fingerprint density at radius 1 is 1.14 bits per heavy atom. The van der Waals surface area contributed by atoms with Crippen molar-refractivity contribution in [2.75, 3.05) is 13.1 Å². The first-order chi connectivity index (χ1) is 13.4. The smallest absolute Gasteiger partial charge is 0.226 e. The summed E-state index contributed by atoms with van der Waals surface area (Å²) in [5, 5.41) is 5.21. The van der Waals surface area contributed by atoms with Gasteiger partial charge in [0.15, 0.2) is 0 Å². The average Bonchev–Trinajstić information content (AvgIpc) is 3.23. The molecule has 1 aromatic carbocycles. The highest BCUT2D eigenvalue weighted by atomic mass is 32.1. The molecular weight excluding hydrogens is 368 g/mol. The number of rotatable bonds is 6. The predicted molar refractivity (Wildman–Crippen MR) is 115 cm³/mol. The Hall–Kier alpha value is -2.14. The van der Waals surface area contributed by atoms with E-state index in [1.165, 1.54) is 16.0 Å². The molecule has 0 radical (unpaired) electrons. The van der Waals surface area contributed by atoms with Gasteiger partial charge in [0.05, 0.1) is 5.41 Å². The van der Waals surface area contributed by atoms with Crippen molar-refractivity contribution in [1.29, 1.82) is 0 Å². The fraction of sp³-hybridized carbons (Fsp3) is 0.478. The van der Waals surface area contributed by atoms with E-state index in [-0.39, 0.29) is 17.9 Å². The molecule has 1 saturated heterocycles. The summed E-state index contributed by atoms with van der Waals surface area (Å²) in [5.41, 5.74) is 1.94. The van der Waals surface area contributed by atoms with Gasteiger partial charge in [-0.25, -0.2) is 0 Å². The highest BCUT2D eigenvalue weighted by Crippen LogP contribution is 2.36. The van der Waals surface area contributed by atoms with Crippen LogP contribution in [0.15, 0.2) is 41.8 Å². The topological polar surface area (TPSA) is 49.4 Å². The first-order valence-electron chi connectivity index (χ1n) is 10.1. The van der Waals surface area contributed by atoms with E-state index in [0.717, 1.165) is 0 Å². The zero-order chi connectivity index (χ0) is 20.1. The summed E-state index contributed by atoms with van der Waals surface area (Å²) >= 11 is 1.73. The van der Waals surface area contributed by atoms with Crippen LogP contribution in [-0.2, 0) is 16.0 Å². The van der Waals surface area contributed by atoms with Gasteiger partial charge in [-0.1, -0.05) is 37.3 Å². The number of hydrogen-bond acceptors (Lipinski definition) is 3. The highest BCUT2D eigenvalue weighted by molar-refractivity contribution is 7.13. The van der Waals surface area contributed by atoms with Crippen LogP contribution in [0.4, 0.5) is 0 Å². The number of carbonyl (C=O) groups excluding carboxylic acids is 2. The SMILES string of the molecule is CCC(=O)N1CCC(Cc2ccc(-c3cccs3)cc2)(C(=O)NC(C)C)CC1. The van der Waals surface area contributed by atoms with Crippen LogP contribution in [-0.4, -0.2) is 35.8 Å². The number of hydrogen-bond donors (Lipinski definition) is 1. The maximum atomic E-state index is 13.1. The van der Waals surface area contributed by atoms with Crippen LogP contribution >= 0.6 is 11.3 Å². The number of thiophene rings is 1. The molecular formula is C23H30N2O2S. The molecule has 0 atom stereocenters. The van der Waals surface area contributed by atoms with E-state index >= 15 is 0 Å². The number of amides is 2. The van der Waals surface area contributed by atoms with Crippen molar-refractivity contribution in [2.45, 2.75) is 52.5 Å². The highest BCUT2D eigenvalue weighted by Gasteiger charge is 2.42. The van der Waals surface area contributed by atoms with Gasteiger partial charge >= 0.3 is 0 Å². The van der Waals surface area contributed by atoms with Crippen molar-refractivity contribution < 1.29 is 9.59 Å². The largest absolute Gasteiger partial charge is 0.353 e. The third-order valence-electron chi connectivity index (χ3n) is 5.58. The number of carbonyl (C=O) groups is 2. The molecule has 1 aliphatic heterocycles. The van der Waals surface area contributed by atoms with E-state index in [0.29, 0.717) is 38.8 Å². The minimum Gasteiger partial charge on any atom is -0.353 e. The number of nitrogens with one attached hydrogen (secondary N) is 1. The molecule has 2 amide bonds. The van der Waals surface area contributed by atoms with Crippen LogP contribution in [0, 0.1) is 5.41 Å². The van der Waals surface area contributed by atoms with Gasteiger partial charge in [-0.3, -0.25) is 9.59 Å². The summed E-state index contributed by atoms with van der Waals surface area (Å²) in [4.78, 5) is 28.3. The van der Waals surface area contributed by atoms with Gasteiger partial charge in [-0.15, -0.1) is 11.3 Å². The number of likely N-dealkylation sites (tertiary alicyclic amines) is 1. The maximum Gasteiger partial charge on any atom is 0.226 e. The van der Waals surface area contributed by atoms with Crippen LogP contribution in [0.2, 0.25) is 0 Å². The third-order valence-corrected chi connectivity index (χ3v) is 6.50. The molecule has 0 spiro atoms. The Kier molecular flexibility index (Phi) is 6.55. The summed E-state index contributed by atoms with van der Waals surface area (Å²) in [5.74, 6) is 0.298. The minimum absolute atomic E-state index is 0.112. The van der Waals surface area contributed by atoms with Crippen molar-refractivity contribution in [1.82, 2.24) is 10.2 Å². The predicted octanol–water partition coefficient (Wildman–Crippen LogP) is 4.50. The van der Waals surface area contributed by atoms with Gasteiger partial charge < -0.3 is 10.2 Å². The van der Waals surface area contributed by atoms with Crippen molar-refractivity contribution in [3.63, 3.8) is 0 Å². The summed E-state index contributed by atoms with van der Waals surface area (Å²) in [7, 11) is 0. The molecule has 2 aromatic rings. The Morgan fingerprint density at radius 2 is 1.82 bits per heavy atom. The fourth-order valence-electron chi connectivity index (χ4n) is 3.93. The van der Waals surface area contributed by atoms with E-state index in [1.54, 1.807) is 11.3 Å². The lowest BCUT2D eigenvalue weighted by molar-refractivity contribution is -0.140. The lowest BCUT2D eigenvalue weighted by atomic mass is 9.72. The average molecular weight is 399 g/mol. The first kappa shape index (κ1) is 20.6. The monoisotopic (exact) mass is 398 g/mol. The summed E-state index contributed by atoms with van der Waals surface area (Å²) in [6.45, 7) is 7.20. The summed E-state index contributed by atoms with van der Waals surface area (Å²) in [6.07, 6.45) is 2.66. The zero-order valence-corrected chi connectivity index (χ0v) is 17.8. The van der Waals surface area contributed by atoms with Crippen LogP contribution in [0.3, 0.4) is 0 Å². The Balaban J connectivity index is 1.78. The first-order valence-corrected chi connectivity index (χ1v) is 11.0. The molecule has 2 heterocycles. The van der Waals surface area contributed by atoms with E-state index in [9.17, 15) is 9.59 Å². The van der Waals surface area contributed by atoms with Crippen LogP contribution < -0.4 is 5.32 Å². The molecule has 3 rings (SSSR count). The molecule has 0 aliphatic carbocycles. The molecule has 28 heavy (non-hydrogen) atoms. The number of nitrogens with zero attached hydrogens (tertiary/aromatic N) is 1.